The SMILES string of the molecule is NC1CC(Oc2ccc3c(c2)CCC3)C12CCCCCC2. The van der Waals surface area contributed by atoms with Gasteiger partial charge in [-0.2, -0.15) is 0 Å². The summed E-state index contributed by atoms with van der Waals surface area (Å²) in [6, 6.07) is 7.10. The molecule has 2 fully saturated rings. The molecule has 0 radical (unpaired) electrons. The van der Waals surface area contributed by atoms with Crippen LogP contribution in [-0.4, -0.2) is 12.1 Å². The minimum Gasteiger partial charge on any atom is -0.490 e. The topological polar surface area (TPSA) is 35.2 Å². The lowest BCUT2D eigenvalue weighted by Crippen LogP contribution is -2.63. The van der Waals surface area contributed by atoms with Crippen molar-refractivity contribution >= 4 is 0 Å². The maximum Gasteiger partial charge on any atom is 0.120 e. The first kappa shape index (κ1) is 13.6. The molecule has 0 bridgehead atoms. The predicted molar refractivity (Wildman–Crippen MR) is 85.6 cm³/mol. The van der Waals surface area contributed by atoms with Crippen LogP contribution in [0.4, 0.5) is 0 Å². The van der Waals surface area contributed by atoms with Crippen LogP contribution in [0.25, 0.3) is 0 Å². The van der Waals surface area contributed by atoms with Crippen LogP contribution < -0.4 is 10.5 Å². The lowest BCUT2D eigenvalue weighted by Gasteiger charge is -2.54. The second kappa shape index (κ2) is 5.31. The molecule has 4 rings (SSSR count). The monoisotopic (exact) mass is 285 g/mol. The molecule has 0 aliphatic heterocycles. The normalized spacial score (nSPS) is 30.5. The molecular weight excluding hydrogens is 258 g/mol. The smallest absolute Gasteiger partial charge is 0.120 e. The summed E-state index contributed by atoms with van der Waals surface area (Å²) in [7, 11) is 0. The fourth-order valence-electron chi connectivity index (χ4n) is 4.81. The van der Waals surface area contributed by atoms with Gasteiger partial charge in [0.05, 0.1) is 0 Å². The van der Waals surface area contributed by atoms with Crippen molar-refractivity contribution in [3.05, 3.63) is 29.3 Å². The minimum atomic E-state index is 0.273. The molecule has 0 amide bonds. The summed E-state index contributed by atoms with van der Waals surface area (Å²) in [6.07, 6.45) is 13.1. The van der Waals surface area contributed by atoms with Crippen LogP contribution in [0.3, 0.4) is 0 Å². The summed E-state index contributed by atoms with van der Waals surface area (Å²) in [5.74, 6) is 1.08. The van der Waals surface area contributed by atoms with Crippen LogP contribution in [0.15, 0.2) is 18.2 Å². The molecule has 2 N–H and O–H groups in total. The van der Waals surface area contributed by atoms with E-state index >= 15 is 0 Å². The second-order valence-corrected chi connectivity index (χ2v) is 7.38. The maximum atomic E-state index is 6.41. The van der Waals surface area contributed by atoms with Gasteiger partial charge < -0.3 is 10.5 Å². The van der Waals surface area contributed by atoms with Gasteiger partial charge in [0.25, 0.3) is 0 Å². The number of aryl methyl sites for hydroxylation is 2. The van der Waals surface area contributed by atoms with Crippen LogP contribution in [0.5, 0.6) is 5.75 Å². The van der Waals surface area contributed by atoms with E-state index in [0.29, 0.717) is 12.1 Å². The van der Waals surface area contributed by atoms with Crippen molar-refractivity contribution in [3.63, 3.8) is 0 Å². The fourth-order valence-corrected chi connectivity index (χ4v) is 4.81. The molecule has 0 aromatic heterocycles. The first-order chi connectivity index (χ1) is 10.3. The van der Waals surface area contributed by atoms with Crippen molar-refractivity contribution in [1.29, 1.82) is 0 Å². The molecule has 2 heteroatoms. The van der Waals surface area contributed by atoms with Gasteiger partial charge in [-0.1, -0.05) is 31.7 Å². The Morgan fingerprint density at radius 1 is 0.952 bits per heavy atom. The third-order valence-electron chi connectivity index (χ3n) is 6.23. The molecule has 2 nitrogen and oxygen atoms in total. The average molecular weight is 285 g/mol. The van der Waals surface area contributed by atoms with Crippen LogP contribution in [-0.2, 0) is 12.8 Å². The maximum absolute atomic E-state index is 6.41. The molecule has 2 saturated carbocycles. The molecular formula is C19H27NO. The van der Waals surface area contributed by atoms with Crippen LogP contribution in [0, 0.1) is 5.41 Å². The lowest BCUT2D eigenvalue weighted by atomic mass is 9.58. The van der Waals surface area contributed by atoms with Crippen molar-refractivity contribution in [2.75, 3.05) is 0 Å². The van der Waals surface area contributed by atoms with Crippen LogP contribution >= 0.6 is 0 Å². The van der Waals surface area contributed by atoms with E-state index in [0.717, 1.165) is 12.2 Å². The quantitative estimate of drug-likeness (QED) is 0.891. The molecule has 2 unspecified atom stereocenters. The van der Waals surface area contributed by atoms with Gasteiger partial charge in [0.1, 0.15) is 11.9 Å². The lowest BCUT2D eigenvalue weighted by molar-refractivity contribution is -0.0770. The van der Waals surface area contributed by atoms with Crippen molar-refractivity contribution in [3.8, 4) is 5.75 Å². The average Bonchev–Trinajstić information content (AvgIpc) is 2.79. The molecule has 1 aromatic carbocycles. The highest BCUT2D eigenvalue weighted by molar-refractivity contribution is 5.38. The van der Waals surface area contributed by atoms with Gasteiger partial charge in [-0.3, -0.25) is 0 Å². The molecule has 1 aromatic rings. The van der Waals surface area contributed by atoms with Crippen molar-refractivity contribution in [2.24, 2.45) is 11.1 Å². The number of rotatable bonds is 2. The first-order valence-electron chi connectivity index (χ1n) is 8.82. The van der Waals surface area contributed by atoms with E-state index in [-0.39, 0.29) is 5.41 Å². The second-order valence-electron chi connectivity index (χ2n) is 7.38. The summed E-state index contributed by atoms with van der Waals surface area (Å²) in [5.41, 5.74) is 9.72. The molecule has 1 spiro atoms. The molecule has 0 saturated heterocycles. The summed E-state index contributed by atoms with van der Waals surface area (Å²) < 4.78 is 6.41. The number of fused-ring (bicyclic) bond motifs is 1. The Hall–Kier alpha value is -1.02. The highest BCUT2D eigenvalue weighted by Gasteiger charge is 2.54. The van der Waals surface area contributed by atoms with Gasteiger partial charge >= 0.3 is 0 Å². The van der Waals surface area contributed by atoms with E-state index in [9.17, 15) is 0 Å². The van der Waals surface area contributed by atoms with Gasteiger partial charge in [-0.15, -0.1) is 0 Å². The van der Waals surface area contributed by atoms with E-state index in [2.05, 4.69) is 18.2 Å². The Bertz CT molecular complexity index is 516. The zero-order valence-corrected chi connectivity index (χ0v) is 12.9. The van der Waals surface area contributed by atoms with Gasteiger partial charge in [0.2, 0.25) is 0 Å². The number of hydrogen-bond acceptors (Lipinski definition) is 2. The van der Waals surface area contributed by atoms with Crippen molar-refractivity contribution in [2.45, 2.75) is 76.4 Å². The van der Waals surface area contributed by atoms with E-state index in [4.69, 9.17) is 10.5 Å². The van der Waals surface area contributed by atoms with Crippen molar-refractivity contribution in [1.82, 2.24) is 0 Å². The Balaban J connectivity index is 1.51. The Morgan fingerprint density at radius 3 is 2.48 bits per heavy atom. The molecule has 2 atom stereocenters. The molecule has 3 aliphatic rings. The Morgan fingerprint density at radius 2 is 1.71 bits per heavy atom. The largest absolute Gasteiger partial charge is 0.490 e. The summed E-state index contributed by atoms with van der Waals surface area (Å²) in [5, 5.41) is 0. The van der Waals surface area contributed by atoms with E-state index in [1.807, 2.05) is 0 Å². The van der Waals surface area contributed by atoms with E-state index in [1.54, 1.807) is 0 Å². The highest BCUT2D eigenvalue weighted by atomic mass is 16.5. The first-order valence-corrected chi connectivity index (χ1v) is 8.82. The highest BCUT2D eigenvalue weighted by Crippen LogP contribution is 2.51. The molecule has 3 aliphatic carbocycles. The summed E-state index contributed by atoms with van der Waals surface area (Å²) in [4.78, 5) is 0. The number of hydrogen-bond donors (Lipinski definition) is 1. The van der Waals surface area contributed by atoms with Crippen LogP contribution in [0.1, 0.15) is 62.5 Å². The third kappa shape index (κ3) is 2.28. The minimum absolute atomic E-state index is 0.273. The van der Waals surface area contributed by atoms with Crippen LogP contribution in [0.2, 0.25) is 0 Å². The fraction of sp³-hybridized carbons (Fsp3) is 0.684. The third-order valence-corrected chi connectivity index (χ3v) is 6.23. The van der Waals surface area contributed by atoms with Gasteiger partial charge in [-0.05, 0) is 55.4 Å². The van der Waals surface area contributed by atoms with E-state index in [1.165, 1.54) is 68.9 Å². The van der Waals surface area contributed by atoms with Crippen molar-refractivity contribution < 1.29 is 4.74 Å². The molecule has 0 heterocycles. The standard InChI is InChI=1S/C19H27NO/c20-17-13-18(19(17)10-3-1-2-4-11-19)21-16-9-8-14-6-5-7-15(14)12-16/h8-9,12,17-18H,1-7,10-11,13,20H2. The predicted octanol–water partition coefficient (Wildman–Crippen LogP) is 3.99. The number of benzene rings is 1. The number of nitrogens with two attached hydrogens (primary N) is 1. The molecule has 21 heavy (non-hydrogen) atoms. The Kier molecular flexibility index (Phi) is 3.45. The van der Waals surface area contributed by atoms with Gasteiger partial charge in [0.15, 0.2) is 0 Å². The Labute approximate surface area is 128 Å². The van der Waals surface area contributed by atoms with Gasteiger partial charge in [-0.25, -0.2) is 0 Å². The summed E-state index contributed by atoms with van der Waals surface area (Å²) >= 11 is 0. The number of ether oxygens (including phenoxy) is 1. The van der Waals surface area contributed by atoms with E-state index < -0.39 is 0 Å². The zero-order valence-electron chi connectivity index (χ0n) is 12.9. The molecule has 114 valence electrons. The zero-order chi connectivity index (χ0) is 14.3. The van der Waals surface area contributed by atoms with Gasteiger partial charge in [0, 0.05) is 17.9 Å². The summed E-state index contributed by atoms with van der Waals surface area (Å²) in [6.45, 7) is 0.